The van der Waals surface area contributed by atoms with Crippen LogP contribution in [0, 0.1) is 11.8 Å². The maximum atomic E-state index is 13.6. The maximum Gasteiger partial charge on any atom is 0.213 e. The molecule has 0 N–H and O–H groups in total. The molecule has 3 heterocycles. The summed E-state index contributed by atoms with van der Waals surface area (Å²) < 4.78 is 28.5. The van der Waals surface area contributed by atoms with Crippen LogP contribution in [-0.2, 0) is 0 Å². The van der Waals surface area contributed by atoms with Gasteiger partial charge < -0.3 is 0 Å². The van der Waals surface area contributed by atoms with Gasteiger partial charge in [-0.2, -0.15) is 9.49 Å². The highest BCUT2D eigenvalue weighted by atomic mass is 19.1. The number of nitrogens with zero attached hydrogens (tertiary/aromatic N) is 3. The van der Waals surface area contributed by atoms with Crippen molar-refractivity contribution in [1.82, 2.24) is 14.6 Å². The monoisotopic (exact) mass is 307 g/mol. The average molecular weight is 307 g/mol. The lowest BCUT2D eigenvalue weighted by Crippen LogP contribution is -1.86. The summed E-state index contributed by atoms with van der Waals surface area (Å²) in [4.78, 5) is 3.60. The van der Waals surface area contributed by atoms with Crippen LogP contribution in [0.2, 0.25) is 0 Å². The molecule has 0 radical (unpaired) electrons. The van der Waals surface area contributed by atoms with Crippen molar-refractivity contribution in [1.29, 1.82) is 0 Å². The molecule has 1 aromatic carbocycles. The van der Waals surface area contributed by atoms with Gasteiger partial charge >= 0.3 is 0 Å². The van der Waals surface area contributed by atoms with E-state index < -0.39 is 5.95 Å². The van der Waals surface area contributed by atoms with Gasteiger partial charge in [-0.05, 0) is 48.0 Å². The van der Waals surface area contributed by atoms with E-state index in [9.17, 15) is 8.78 Å². The predicted molar refractivity (Wildman–Crippen MR) is 83.8 cm³/mol. The number of rotatable bonds is 2. The number of hydrogen-bond acceptors (Lipinski definition) is 2. The number of aromatic nitrogens is 3. The van der Waals surface area contributed by atoms with Gasteiger partial charge in [0.05, 0.1) is 5.52 Å². The molecule has 0 unspecified atom stereocenters. The predicted octanol–water partition coefficient (Wildman–Crippen LogP) is 4.34. The molecule has 0 spiro atoms. The van der Waals surface area contributed by atoms with Crippen molar-refractivity contribution < 1.29 is 8.78 Å². The maximum absolute atomic E-state index is 13.6. The van der Waals surface area contributed by atoms with Crippen LogP contribution in [0.15, 0.2) is 67.0 Å². The Balaban J connectivity index is 2.04. The molecule has 4 aromatic rings. The second-order valence-corrected chi connectivity index (χ2v) is 5.13. The van der Waals surface area contributed by atoms with E-state index in [2.05, 4.69) is 10.1 Å². The normalized spacial score (nSPS) is 11.0. The zero-order chi connectivity index (χ0) is 15.8. The highest BCUT2D eigenvalue weighted by molar-refractivity contribution is 5.92. The van der Waals surface area contributed by atoms with Crippen LogP contribution < -0.4 is 0 Å². The molecule has 3 aromatic heterocycles. The molecule has 0 atom stereocenters. The molecular formula is C18H11F2N3. The fraction of sp³-hybridized carbons (Fsp3) is 0. The Bertz CT molecular complexity index is 991. The number of fused-ring (bicyclic) bond motifs is 1. The van der Waals surface area contributed by atoms with Gasteiger partial charge in [0.25, 0.3) is 0 Å². The quantitative estimate of drug-likeness (QED) is 0.516. The summed E-state index contributed by atoms with van der Waals surface area (Å²) >= 11 is 0. The topological polar surface area (TPSA) is 30.2 Å². The summed E-state index contributed by atoms with van der Waals surface area (Å²) in [5.41, 5.74) is 3.75. The molecule has 0 saturated heterocycles. The van der Waals surface area contributed by atoms with Crippen molar-refractivity contribution in [3.05, 3.63) is 78.8 Å². The number of pyridine rings is 2. The molecular weight excluding hydrogens is 296 g/mol. The van der Waals surface area contributed by atoms with Crippen molar-refractivity contribution in [2.45, 2.75) is 0 Å². The first-order valence-electron chi connectivity index (χ1n) is 7.07. The van der Waals surface area contributed by atoms with Crippen LogP contribution in [0.4, 0.5) is 8.78 Å². The summed E-state index contributed by atoms with van der Waals surface area (Å²) in [5, 5.41) is 4.57. The van der Waals surface area contributed by atoms with Gasteiger partial charge in [0.2, 0.25) is 5.95 Å². The van der Waals surface area contributed by atoms with Gasteiger partial charge in [0.1, 0.15) is 11.5 Å². The van der Waals surface area contributed by atoms with Gasteiger partial charge in [-0.15, -0.1) is 0 Å². The first-order chi connectivity index (χ1) is 11.2. The Hall–Kier alpha value is -3.08. The fourth-order valence-corrected chi connectivity index (χ4v) is 2.65. The van der Waals surface area contributed by atoms with Crippen molar-refractivity contribution in [2.75, 3.05) is 0 Å². The minimum absolute atomic E-state index is 0.311. The van der Waals surface area contributed by atoms with E-state index in [1.165, 1.54) is 24.4 Å². The van der Waals surface area contributed by atoms with Crippen LogP contribution in [0.3, 0.4) is 0 Å². The van der Waals surface area contributed by atoms with Crippen LogP contribution in [0.1, 0.15) is 0 Å². The average Bonchev–Trinajstić information content (AvgIpc) is 2.95. The Labute approximate surface area is 130 Å². The summed E-state index contributed by atoms with van der Waals surface area (Å²) in [6.07, 6.45) is 3.24. The van der Waals surface area contributed by atoms with E-state index in [-0.39, 0.29) is 5.82 Å². The fourth-order valence-electron chi connectivity index (χ4n) is 2.65. The Morgan fingerprint density at radius 3 is 2.48 bits per heavy atom. The van der Waals surface area contributed by atoms with Crippen LogP contribution in [-0.4, -0.2) is 14.6 Å². The van der Waals surface area contributed by atoms with Gasteiger partial charge in [0.15, 0.2) is 0 Å². The lowest BCUT2D eigenvalue weighted by atomic mass is 10.0. The minimum atomic E-state index is -0.553. The second kappa shape index (κ2) is 5.28. The molecule has 112 valence electrons. The minimum Gasteiger partial charge on any atom is -0.240 e. The Morgan fingerprint density at radius 2 is 1.70 bits per heavy atom. The molecule has 0 bridgehead atoms. The first kappa shape index (κ1) is 13.6. The van der Waals surface area contributed by atoms with E-state index in [4.69, 9.17) is 0 Å². The summed E-state index contributed by atoms with van der Waals surface area (Å²) in [6, 6.07) is 14.9. The van der Waals surface area contributed by atoms with Gasteiger partial charge in [0, 0.05) is 29.6 Å². The number of benzene rings is 1. The van der Waals surface area contributed by atoms with Crippen molar-refractivity contribution in [3.63, 3.8) is 0 Å². The highest BCUT2D eigenvalue weighted by Crippen LogP contribution is 2.35. The van der Waals surface area contributed by atoms with E-state index in [1.54, 1.807) is 22.7 Å². The van der Waals surface area contributed by atoms with Crippen molar-refractivity contribution >= 4 is 5.52 Å². The van der Waals surface area contributed by atoms with Gasteiger partial charge in [-0.1, -0.05) is 6.07 Å². The van der Waals surface area contributed by atoms with Gasteiger partial charge in [-0.3, -0.25) is 0 Å². The molecule has 5 heteroatoms. The van der Waals surface area contributed by atoms with Crippen molar-refractivity contribution in [3.8, 4) is 22.4 Å². The van der Waals surface area contributed by atoms with Crippen LogP contribution in [0.5, 0.6) is 0 Å². The van der Waals surface area contributed by atoms with Crippen LogP contribution in [0.25, 0.3) is 27.9 Å². The Morgan fingerprint density at radius 1 is 0.870 bits per heavy atom. The summed E-state index contributed by atoms with van der Waals surface area (Å²) in [7, 11) is 0. The largest absolute Gasteiger partial charge is 0.240 e. The molecule has 23 heavy (non-hydrogen) atoms. The second-order valence-electron chi connectivity index (χ2n) is 5.13. The van der Waals surface area contributed by atoms with E-state index in [0.29, 0.717) is 11.3 Å². The molecule has 3 nitrogen and oxygen atoms in total. The highest BCUT2D eigenvalue weighted by Gasteiger charge is 2.16. The summed E-state index contributed by atoms with van der Waals surface area (Å²) in [6.45, 7) is 0. The third-order valence-electron chi connectivity index (χ3n) is 3.67. The van der Waals surface area contributed by atoms with Gasteiger partial charge in [-0.25, -0.2) is 13.9 Å². The molecule has 0 amide bonds. The molecule has 0 aliphatic carbocycles. The smallest absolute Gasteiger partial charge is 0.213 e. The zero-order valence-electron chi connectivity index (χ0n) is 11.9. The standard InChI is InChI=1S/C18H11F2N3/c19-14-6-4-12(5-7-14)18-17(13-8-9-21-16(20)11-13)15-3-1-2-10-23(15)22-18/h1-11H. The SMILES string of the molecule is Fc1ccc(-c2nn3ccccc3c2-c2ccnc(F)c2)cc1. The molecule has 0 aliphatic heterocycles. The van der Waals surface area contributed by atoms with Crippen molar-refractivity contribution in [2.24, 2.45) is 0 Å². The first-order valence-corrected chi connectivity index (χ1v) is 7.07. The third kappa shape index (κ3) is 2.36. The number of hydrogen-bond donors (Lipinski definition) is 0. The molecule has 0 aliphatic rings. The van der Waals surface area contributed by atoms with E-state index >= 15 is 0 Å². The molecule has 4 rings (SSSR count). The summed E-state index contributed by atoms with van der Waals surface area (Å²) in [5.74, 6) is -0.864. The van der Waals surface area contributed by atoms with E-state index in [1.807, 2.05) is 24.4 Å². The molecule has 0 saturated carbocycles. The lowest BCUT2D eigenvalue weighted by Gasteiger charge is -2.04. The molecule has 0 fully saturated rings. The Kier molecular flexibility index (Phi) is 3.12. The third-order valence-corrected chi connectivity index (χ3v) is 3.67. The zero-order valence-corrected chi connectivity index (χ0v) is 11.9. The lowest BCUT2D eigenvalue weighted by molar-refractivity contribution is 0.584. The number of halogens is 2. The van der Waals surface area contributed by atoms with Crippen LogP contribution >= 0.6 is 0 Å². The van der Waals surface area contributed by atoms with E-state index in [0.717, 1.165) is 16.6 Å².